The van der Waals surface area contributed by atoms with Gasteiger partial charge in [0.2, 0.25) is 0 Å². The fourth-order valence-electron chi connectivity index (χ4n) is 1.90. The molecule has 1 aromatic rings. The summed E-state index contributed by atoms with van der Waals surface area (Å²) < 4.78 is 0. The number of aromatic nitrogens is 1. The minimum atomic E-state index is -0.130. The molecule has 0 aliphatic carbocycles. The predicted molar refractivity (Wildman–Crippen MR) is 84.4 cm³/mol. The summed E-state index contributed by atoms with van der Waals surface area (Å²) >= 11 is 6.06. The van der Waals surface area contributed by atoms with Gasteiger partial charge in [-0.1, -0.05) is 52.6 Å². The highest BCUT2D eigenvalue weighted by Crippen LogP contribution is 2.24. The zero-order valence-corrected chi connectivity index (χ0v) is 14.1. The number of pyridine rings is 1. The number of hydrogen-bond donors (Lipinski definition) is 0. The van der Waals surface area contributed by atoms with E-state index in [1.807, 2.05) is 13.1 Å². The van der Waals surface area contributed by atoms with Gasteiger partial charge in [0.25, 0.3) is 5.91 Å². The molecule has 0 saturated heterocycles. The normalized spacial score (nSPS) is 13.2. The number of nitrogens with zero attached hydrogens (tertiary/aromatic N) is 2. The molecule has 0 radical (unpaired) electrons. The van der Waals surface area contributed by atoms with E-state index in [1.54, 1.807) is 11.0 Å². The standard InChI is InChI=1S/C16H25ClN2O/c1-7-11(2)10-19(6)15(20)12-8-13(16(3,4)5)18-14(17)9-12/h8-9,11H,7,10H2,1-6H3. The van der Waals surface area contributed by atoms with E-state index >= 15 is 0 Å². The molecule has 1 rings (SSSR count). The van der Waals surface area contributed by atoms with E-state index < -0.39 is 0 Å². The summed E-state index contributed by atoms with van der Waals surface area (Å²) in [6, 6.07) is 3.49. The molecule has 0 aliphatic rings. The van der Waals surface area contributed by atoms with Crippen LogP contribution in [0.25, 0.3) is 0 Å². The Hall–Kier alpha value is -1.09. The van der Waals surface area contributed by atoms with E-state index in [9.17, 15) is 4.79 Å². The van der Waals surface area contributed by atoms with E-state index in [-0.39, 0.29) is 11.3 Å². The highest BCUT2D eigenvalue weighted by molar-refractivity contribution is 6.29. The molecule has 1 atom stereocenters. The first-order valence-electron chi connectivity index (χ1n) is 7.08. The van der Waals surface area contributed by atoms with Gasteiger partial charge in [-0.2, -0.15) is 0 Å². The number of carbonyl (C=O) groups excluding carboxylic acids is 1. The second-order valence-corrected chi connectivity index (χ2v) is 6.90. The number of amides is 1. The number of carbonyl (C=O) groups is 1. The van der Waals surface area contributed by atoms with Gasteiger partial charge in [0.15, 0.2) is 0 Å². The zero-order valence-electron chi connectivity index (χ0n) is 13.3. The highest BCUT2D eigenvalue weighted by Gasteiger charge is 2.20. The van der Waals surface area contributed by atoms with Gasteiger partial charge in [-0.3, -0.25) is 4.79 Å². The highest BCUT2D eigenvalue weighted by atomic mass is 35.5. The van der Waals surface area contributed by atoms with Crippen LogP contribution in [0.2, 0.25) is 5.15 Å². The van der Waals surface area contributed by atoms with Crippen molar-refractivity contribution in [3.63, 3.8) is 0 Å². The molecular formula is C16H25ClN2O. The Morgan fingerprint density at radius 2 is 2.00 bits per heavy atom. The van der Waals surface area contributed by atoms with Crippen LogP contribution in [0.3, 0.4) is 0 Å². The summed E-state index contributed by atoms with van der Waals surface area (Å²) in [5.74, 6) is 0.489. The lowest BCUT2D eigenvalue weighted by Crippen LogP contribution is -2.31. The van der Waals surface area contributed by atoms with Crippen LogP contribution in [0.15, 0.2) is 12.1 Å². The summed E-state index contributed by atoms with van der Waals surface area (Å²) in [6.07, 6.45) is 1.06. The summed E-state index contributed by atoms with van der Waals surface area (Å²) in [6.45, 7) is 11.2. The third-order valence-electron chi connectivity index (χ3n) is 3.44. The van der Waals surface area contributed by atoms with Crippen molar-refractivity contribution in [1.82, 2.24) is 9.88 Å². The number of hydrogen-bond acceptors (Lipinski definition) is 2. The SMILES string of the molecule is CCC(C)CN(C)C(=O)c1cc(Cl)nc(C(C)(C)C)c1. The topological polar surface area (TPSA) is 33.2 Å². The van der Waals surface area contributed by atoms with E-state index in [4.69, 9.17) is 11.6 Å². The Labute approximate surface area is 127 Å². The van der Waals surface area contributed by atoms with Crippen LogP contribution in [-0.2, 0) is 5.41 Å². The minimum absolute atomic E-state index is 0.0000926. The van der Waals surface area contributed by atoms with Crippen LogP contribution in [0.1, 0.15) is 57.1 Å². The summed E-state index contributed by atoms with van der Waals surface area (Å²) in [5, 5.41) is 0.373. The second-order valence-electron chi connectivity index (χ2n) is 6.51. The predicted octanol–water partition coefficient (Wildman–Crippen LogP) is 4.15. The lowest BCUT2D eigenvalue weighted by Gasteiger charge is -2.23. The van der Waals surface area contributed by atoms with Crippen LogP contribution < -0.4 is 0 Å². The first-order chi connectivity index (χ1) is 9.15. The average Bonchev–Trinajstić information content (AvgIpc) is 2.35. The number of rotatable bonds is 4. The Kier molecular flexibility index (Phi) is 5.58. The first kappa shape index (κ1) is 17.0. The molecule has 1 aromatic heterocycles. The van der Waals surface area contributed by atoms with Crippen LogP contribution in [0.5, 0.6) is 0 Å². The average molecular weight is 297 g/mol. The van der Waals surface area contributed by atoms with Crippen LogP contribution in [-0.4, -0.2) is 29.4 Å². The Balaban J connectivity index is 3.01. The second kappa shape index (κ2) is 6.57. The fourth-order valence-corrected chi connectivity index (χ4v) is 2.11. The molecule has 0 N–H and O–H groups in total. The molecule has 1 unspecified atom stereocenters. The molecule has 1 heterocycles. The number of halogens is 1. The quantitative estimate of drug-likeness (QED) is 0.782. The molecule has 1 amide bonds. The van der Waals surface area contributed by atoms with E-state index in [0.717, 1.165) is 18.7 Å². The van der Waals surface area contributed by atoms with E-state index in [0.29, 0.717) is 16.6 Å². The van der Waals surface area contributed by atoms with Crippen molar-refractivity contribution in [2.45, 2.75) is 46.5 Å². The Morgan fingerprint density at radius 1 is 1.40 bits per heavy atom. The summed E-state index contributed by atoms with van der Waals surface area (Å²) in [7, 11) is 1.83. The van der Waals surface area contributed by atoms with Gasteiger partial charge in [0, 0.05) is 30.3 Å². The van der Waals surface area contributed by atoms with Crippen molar-refractivity contribution in [3.8, 4) is 0 Å². The maximum atomic E-state index is 12.5. The van der Waals surface area contributed by atoms with Crippen molar-refractivity contribution < 1.29 is 4.79 Å². The summed E-state index contributed by atoms with van der Waals surface area (Å²) in [4.78, 5) is 18.5. The molecule has 0 fully saturated rings. The van der Waals surface area contributed by atoms with Gasteiger partial charge in [0.05, 0.1) is 0 Å². The molecule has 0 spiro atoms. The van der Waals surface area contributed by atoms with E-state index in [1.165, 1.54) is 0 Å². The molecule has 0 saturated carbocycles. The van der Waals surface area contributed by atoms with E-state index in [2.05, 4.69) is 39.6 Å². The third kappa shape index (κ3) is 4.48. The van der Waals surface area contributed by atoms with Crippen molar-refractivity contribution in [3.05, 3.63) is 28.5 Å². The van der Waals surface area contributed by atoms with Crippen molar-refractivity contribution in [1.29, 1.82) is 0 Å². The molecule has 20 heavy (non-hydrogen) atoms. The fraction of sp³-hybridized carbons (Fsp3) is 0.625. The molecule has 3 nitrogen and oxygen atoms in total. The van der Waals surface area contributed by atoms with Gasteiger partial charge in [0.1, 0.15) is 5.15 Å². The van der Waals surface area contributed by atoms with Gasteiger partial charge in [-0.25, -0.2) is 4.98 Å². The van der Waals surface area contributed by atoms with Crippen molar-refractivity contribution >= 4 is 17.5 Å². The molecular weight excluding hydrogens is 272 g/mol. The molecule has 4 heteroatoms. The molecule has 0 aromatic carbocycles. The van der Waals surface area contributed by atoms with Crippen molar-refractivity contribution in [2.75, 3.05) is 13.6 Å². The maximum absolute atomic E-state index is 12.5. The first-order valence-corrected chi connectivity index (χ1v) is 7.46. The largest absolute Gasteiger partial charge is 0.341 e. The minimum Gasteiger partial charge on any atom is -0.341 e. The van der Waals surface area contributed by atoms with Crippen molar-refractivity contribution in [2.24, 2.45) is 5.92 Å². The lowest BCUT2D eigenvalue weighted by atomic mass is 9.90. The van der Waals surface area contributed by atoms with Crippen LogP contribution in [0, 0.1) is 5.92 Å². The smallest absolute Gasteiger partial charge is 0.253 e. The van der Waals surface area contributed by atoms with Gasteiger partial charge >= 0.3 is 0 Å². The third-order valence-corrected chi connectivity index (χ3v) is 3.63. The van der Waals surface area contributed by atoms with Gasteiger partial charge in [-0.05, 0) is 18.1 Å². The molecule has 0 aliphatic heterocycles. The Morgan fingerprint density at radius 3 is 2.50 bits per heavy atom. The van der Waals surface area contributed by atoms with Crippen LogP contribution >= 0.6 is 11.6 Å². The lowest BCUT2D eigenvalue weighted by molar-refractivity contribution is 0.0774. The molecule has 112 valence electrons. The maximum Gasteiger partial charge on any atom is 0.253 e. The van der Waals surface area contributed by atoms with Gasteiger partial charge < -0.3 is 4.90 Å². The Bertz CT molecular complexity index is 480. The van der Waals surface area contributed by atoms with Crippen LogP contribution in [0.4, 0.5) is 0 Å². The monoisotopic (exact) mass is 296 g/mol. The summed E-state index contributed by atoms with van der Waals surface area (Å²) in [5.41, 5.74) is 1.32. The zero-order chi connectivity index (χ0) is 15.5. The molecule has 0 bridgehead atoms. The van der Waals surface area contributed by atoms with Gasteiger partial charge in [-0.15, -0.1) is 0 Å².